The topological polar surface area (TPSA) is 58.6 Å². The number of amides is 2. The molecule has 168 valence electrons. The van der Waals surface area contributed by atoms with Gasteiger partial charge in [-0.1, -0.05) is 61.9 Å². The summed E-state index contributed by atoms with van der Waals surface area (Å²) in [6.45, 7) is 8.89. The van der Waals surface area contributed by atoms with Gasteiger partial charge < -0.3 is 15.0 Å². The molecule has 2 aromatic rings. The monoisotopic (exact) mass is 424 g/mol. The number of nitrogens with one attached hydrogen (secondary N) is 1. The Hall–Kier alpha value is -2.82. The molecule has 0 heterocycles. The van der Waals surface area contributed by atoms with Crippen molar-refractivity contribution in [3.63, 3.8) is 0 Å². The molecule has 0 aliphatic heterocycles. The normalized spacial score (nSPS) is 12.6. The fraction of sp³-hybridized carbons (Fsp3) is 0.462. The van der Waals surface area contributed by atoms with Crippen LogP contribution in [-0.2, 0) is 16.1 Å². The third-order valence-electron chi connectivity index (χ3n) is 5.41. The number of carbonyl (C=O) groups is 2. The SMILES string of the molecule is CC[C@H](C)NC(=O)[C@H](CC)N(Cc1ccc(C)cc1)C(=O)CCCOc1ccccc1. The maximum atomic E-state index is 13.2. The van der Waals surface area contributed by atoms with Crippen LogP contribution in [-0.4, -0.2) is 35.4 Å². The lowest BCUT2D eigenvalue weighted by atomic mass is 10.1. The number of benzene rings is 2. The van der Waals surface area contributed by atoms with E-state index < -0.39 is 6.04 Å². The molecule has 5 nitrogen and oxygen atoms in total. The maximum Gasteiger partial charge on any atom is 0.243 e. The highest BCUT2D eigenvalue weighted by Gasteiger charge is 2.28. The Bertz CT molecular complexity index is 805. The highest BCUT2D eigenvalue weighted by Crippen LogP contribution is 2.16. The molecule has 0 aromatic heterocycles. The van der Waals surface area contributed by atoms with Crippen molar-refractivity contribution in [2.45, 2.75) is 72.0 Å². The smallest absolute Gasteiger partial charge is 0.243 e. The van der Waals surface area contributed by atoms with Crippen molar-refractivity contribution in [2.75, 3.05) is 6.61 Å². The van der Waals surface area contributed by atoms with Gasteiger partial charge in [-0.2, -0.15) is 0 Å². The summed E-state index contributed by atoms with van der Waals surface area (Å²) in [5.41, 5.74) is 2.19. The van der Waals surface area contributed by atoms with E-state index in [1.165, 1.54) is 5.56 Å². The third kappa shape index (κ3) is 8.08. The average Bonchev–Trinajstić information content (AvgIpc) is 2.78. The van der Waals surface area contributed by atoms with Crippen molar-refractivity contribution in [3.8, 4) is 5.75 Å². The van der Waals surface area contributed by atoms with E-state index in [1.807, 2.05) is 82.3 Å². The number of aryl methyl sites for hydroxylation is 1. The molecule has 0 fully saturated rings. The lowest BCUT2D eigenvalue weighted by molar-refractivity contribution is -0.141. The predicted octanol–water partition coefficient (Wildman–Crippen LogP) is 4.88. The van der Waals surface area contributed by atoms with Gasteiger partial charge in [-0.05, 0) is 50.8 Å². The van der Waals surface area contributed by atoms with Crippen LogP contribution in [0.3, 0.4) is 0 Å². The Morgan fingerprint density at radius 3 is 2.29 bits per heavy atom. The molecule has 0 saturated carbocycles. The van der Waals surface area contributed by atoms with Crippen molar-refractivity contribution in [2.24, 2.45) is 0 Å². The lowest BCUT2D eigenvalue weighted by Crippen LogP contribution is -2.50. The minimum Gasteiger partial charge on any atom is -0.494 e. The van der Waals surface area contributed by atoms with Gasteiger partial charge in [-0.25, -0.2) is 0 Å². The Morgan fingerprint density at radius 2 is 1.68 bits per heavy atom. The van der Waals surface area contributed by atoms with Gasteiger partial charge in [0.25, 0.3) is 0 Å². The third-order valence-corrected chi connectivity index (χ3v) is 5.41. The summed E-state index contributed by atoms with van der Waals surface area (Å²) >= 11 is 0. The summed E-state index contributed by atoms with van der Waals surface area (Å²) in [5, 5.41) is 3.04. The molecule has 5 heteroatoms. The zero-order chi connectivity index (χ0) is 22.6. The molecule has 0 aliphatic rings. The van der Waals surface area contributed by atoms with Crippen LogP contribution in [0.2, 0.25) is 0 Å². The van der Waals surface area contributed by atoms with Crippen LogP contribution in [0.4, 0.5) is 0 Å². The Kier molecular flexibility index (Phi) is 10.1. The van der Waals surface area contributed by atoms with Gasteiger partial charge >= 0.3 is 0 Å². The van der Waals surface area contributed by atoms with Gasteiger partial charge in [-0.3, -0.25) is 9.59 Å². The molecule has 0 unspecified atom stereocenters. The van der Waals surface area contributed by atoms with E-state index in [4.69, 9.17) is 4.74 Å². The van der Waals surface area contributed by atoms with Gasteiger partial charge in [-0.15, -0.1) is 0 Å². The fourth-order valence-corrected chi connectivity index (χ4v) is 3.32. The highest BCUT2D eigenvalue weighted by atomic mass is 16.5. The molecule has 2 atom stereocenters. The molecule has 1 N–H and O–H groups in total. The minimum atomic E-state index is -0.488. The number of ether oxygens (including phenoxy) is 1. The highest BCUT2D eigenvalue weighted by molar-refractivity contribution is 5.87. The Labute approximate surface area is 186 Å². The van der Waals surface area contributed by atoms with Crippen LogP contribution in [0.5, 0.6) is 5.75 Å². The standard InChI is InChI=1S/C26H36N2O3/c1-5-21(4)27-26(30)24(6-2)28(19-22-16-14-20(3)15-17-22)25(29)13-10-18-31-23-11-8-7-9-12-23/h7-9,11-12,14-17,21,24H,5-6,10,13,18-19H2,1-4H3,(H,27,30)/t21-,24-/m0/s1. The number of carbonyl (C=O) groups excluding carboxylic acids is 2. The van der Waals surface area contributed by atoms with Crippen molar-refractivity contribution in [1.82, 2.24) is 10.2 Å². The summed E-state index contributed by atoms with van der Waals surface area (Å²) in [7, 11) is 0. The van der Waals surface area contributed by atoms with E-state index in [-0.39, 0.29) is 17.9 Å². The Morgan fingerprint density at radius 1 is 1.00 bits per heavy atom. The van der Waals surface area contributed by atoms with Gasteiger partial charge in [0.15, 0.2) is 0 Å². The quantitative estimate of drug-likeness (QED) is 0.494. The van der Waals surface area contributed by atoms with Gasteiger partial charge in [0, 0.05) is 19.0 Å². The van der Waals surface area contributed by atoms with E-state index >= 15 is 0 Å². The molecular weight excluding hydrogens is 388 g/mol. The maximum absolute atomic E-state index is 13.2. The van der Waals surface area contributed by atoms with E-state index in [0.717, 1.165) is 17.7 Å². The fourth-order valence-electron chi connectivity index (χ4n) is 3.32. The van der Waals surface area contributed by atoms with Crippen LogP contribution in [0.1, 0.15) is 57.6 Å². The van der Waals surface area contributed by atoms with Gasteiger partial charge in [0.05, 0.1) is 6.61 Å². The van der Waals surface area contributed by atoms with E-state index in [2.05, 4.69) is 5.32 Å². The first-order valence-electron chi connectivity index (χ1n) is 11.3. The van der Waals surface area contributed by atoms with Crippen molar-refractivity contribution < 1.29 is 14.3 Å². The first-order chi connectivity index (χ1) is 14.9. The molecule has 0 aliphatic carbocycles. The largest absolute Gasteiger partial charge is 0.494 e. The zero-order valence-electron chi connectivity index (χ0n) is 19.3. The molecule has 0 saturated heterocycles. The first kappa shape index (κ1) is 24.4. The zero-order valence-corrected chi connectivity index (χ0v) is 19.3. The number of rotatable bonds is 12. The molecule has 0 bridgehead atoms. The molecule has 2 amide bonds. The van der Waals surface area contributed by atoms with E-state index in [9.17, 15) is 9.59 Å². The molecule has 2 rings (SSSR count). The second kappa shape index (κ2) is 12.8. The molecule has 2 aromatic carbocycles. The van der Waals surface area contributed by atoms with E-state index in [1.54, 1.807) is 4.90 Å². The summed E-state index contributed by atoms with van der Waals surface area (Å²) in [5.74, 6) is 0.687. The Balaban J connectivity index is 2.06. The summed E-state index contributed by atoms with van der Waals surface area (Å²) in [6.07, 6.45) is 2.36. The predicted molar refractivity (Wildman–Crippen MR) is 125 cm³/mol. The lowest BCUT2D eigenvalue weighted by Gasteiger charge is -2.31. The van der Waals surface area contributed by atoms with E-state index in [0.29, 0.717) is 32.4 Å². The average molecular weight is 425 g/mol. The second-order valence-electron chi connectivity index (χ2n) is 8.01. The summed E-state index contributed by atoms with van der Waals surface area (Å²) in [4.78, 5) is 27.8. The van der Waals surface area contributed by atoms with Crippen molar-refractivity contribution in [3.05, 3.63) is 65.7 Å². The van der Waals surface area contributed by atoms with Crippen LogP contribution in [0, 0.1) is 6.92 Å². The number of nitrogens with zero attached hydrogens (tertiary/aromatic N) is 1. The first-order valence-corrected chi connectivity index (χ1v) is 11.3. The van der Waals surface area contributed by atoms with Crippen LogP contribution < -0.4 is 10.1 Å². The van der Waals surface area contributed by atoms with Crippen LogP contribution in [0.25, 0.3) is 0 Å². The van der Waals surface area contributed by atoms with Crippen molar-refractivity contribution in [1.29, 1.82) is 0 Å². The van der Waals surface area contributed by atoms with Crippen molar-refractivity contribution >= 4 is 11.8 Å². The number of hydrogen-bond acceptors (Lipinski definition) is 3. The molecular formula is C26H36N2O3. The minimum absolute atomic E-state index is 0.0246. The molecule has 0 radical (unpaired) electrons. The number of para-hydroxylation sites is 1. The summed E-state index contributed by atoms with van der Waals surface area (Å²) < 4.78 is 5.72. The summed E-state index contributed by atoms with van der Waals surface area (Å²) in [6, 6.07) is 17.3. The molecule has 31 heavy (non-hydrogen) atoms. The van der Waals surface area contributed by atoms with Gasteiger partial charge in [0.2, 0.25) is 11.8 Å². The van der Waals surface area contributed by atoms with Gasteiger partial charge in [0.1, 0.15) is 11.8 Å². The molecule has 0 spiro atoms. The van der Waals surface area contributed by atoms with Crippen LogP contribution in [0.15, 0.2) is 54.6 Å². The van der Waals surface area contributed by atoms with Crippen LogP contribution >= 0.6 is 0 Å². The number of hydrogen-bond donors (Lipinski definition) is 1. The second-order valence-corrected chi connectivity index (χ2v) is 8.01.